The number of aromatic nitrogens is 4. The van der Waals surface area contributed by atoms with E-state index in [9.17, 15) is 18.0 Å². The van der Waals surface area contributed by atoms with Gasteiger partial charge in [0, 0.05) is 12.6 Å². The molecule has 10 nitrogen and oxygen atoms in total. The third kappa shape index (κ3) is 6.89. The van der Waals surface area contributed by atoms with Crippen molar-refractivity contribution in [1.29, 1.82) is 0 Å². The van der Waals surface area contributed by atoms with Crippen molar-refractivity contribution in [3.05, 3.63) is 18.5 Å². The van der Waals surface area contributed by atoms with E-state index in [2.05, 4.69) is 30.2 Å². The molecule has 0 bridgehead atoms. The molecule has 2 aromatic rings. The number of aromatic amines is 1. The molecule has 3 heterocycles. The summed E-state index contributed by atoms with van der Waals surface area (Å²) in [5.41, 5.74) is -0.672. The number of amides is 1. The van der Waals surface area contributed by atoms with Gasteiger partial charge >= 0.3 is 12.7 Å². The van der Waals surface area contributed by atoms with Crippen LogP contribution in [0.15, 0.2) is 18.5 Å². The molecule has 1 saturated heterocycles. The van der Waals surface area contributed by atoms with Gasteiger partial charge in [0.25, 0.3) is 0 Å². The predicted octanol–water partition coefficient (Wildman–Crippen LogP) is 3.66. The van der Waals surface area contributed by atoms with Crippen LogP contribution in [0.25, 0.3) is 0 Å². The minimum Gasteiger partial charge on any atom is -0.470 e. The lowest BCUT2D eigenvalue weighted by Gasteiger charge is -2.27. The summed E-state index contributed by atoms with van der Waals surface area (Å²) >= 11 is 0. The predicted molar refractivity (Wildman–Crippen MR) is 107 cm³/mol. The molecule has 176 valence electrons. The van der Waals surface area contributed by atoms with Gasteiger partial charge in [0.2, 0.25) is 11.8 Å². The van der Waals surface area contributed by atoms with Crippen LogP contribution in [0.4, 0.5) is 29.6 Å². The lowest BCUT2D eigenvalue weighted by atomic mass is 10.1. The highest BCUT2D eigenvalue weighted by Gasteiger charge is 2.33. The summed E-state index contributed by atoms with van der Waals surface area (Å²) in [6.45, 7) is 2.44. The molecule has 0 aromatic carbocycles. The number of hydrogen-bond acceptors (Lipinski definition) is 8. The van der Waals surface area contributed by atoms with E-state index in [0.717, 1.165) is 0 Å². The quantitative estimate of drug-likeness (QED) is 0.674. The van der Waals surface area contributed by atoms with Crippen molar-refractivity contribution in [2.45, 2.75) is 58.1 Å². The number of carbonyl (C=O) groups is 1. The first kappa shape index (κ1) is 23.4. The Morgan fingerprint density at radius 1 is 1.31 bits per heavy atom. The number of carbonyl (C=O) groups excluding carboxylic acids is 1. The highest BCUT2D eigenvalue weighted by atomic mass is 19.3. The maximum Gasteiger partial charge on any atom is 0.410 e. The minimum absolute atomic E-state index is 0.0629. The van der Waals surface area contributed by atoms with E-state index < -0.39 is 30.6 Å². The van der Waals surface area contributed by atoms with E-state index in [4.69, 9.17) is 9.47 Å². The molecule has 2 aromatic heterocycles. The summed E-state index contributed by atoms with van der Waals surface area (Å²) in [5.74, 6) is 0.207. The van der Waals surface area contributed by atoms with Crippen LogP contribution in [-0.4, -0.2) is 68.7 Å². The summed E-state index contributed by atoms with van der Waals surface area (Å²) < 4.78 is 54.6. The lowest BCUT2D eigenvalue weighted by Crippen LogP contribution is -2.42. The van der Waals surface area contributed by atoms with Crippen LogP contribution in [0, 0.1) is 0 Å². The molecule has 1 aliphatic rings. The third-order valence-electron chi connectivity index (χ3n) is 4.28. The molecule has 13 heteroatoms. The van der Waals surface area contributed by atoms with E-state index in [1.165, 1.54) is 23.4 Å². The summed E-state index contributed by atoms with van der Waals surface area (Å²) in [7, 11) is 0. The molecule has 0 aliphatic carbocycles. The molecular formula is C19H25F3N6O4. The number of nitrogens with zero attached hydrogens (tertiary/aromatic N) is 4. The molecule has 2 N–H and O–H groups in total. The first-order valence-electron chi connectivity index (χ1n) is 9.97. The largest absolute Gasteiger partial charge is 0.470 e. The van der Waals surface area contributed by atoms with Gasteiger partial charge in [-0.3, -0.25) is 4.98 Å². The fourth-order valence-corrected chi connectivity index (χ4v) is 2.98. The zero-order valence-corrected chi connectivity index (χ0v) is 17.8. The number of anilines is 2. The third-order valence-corrected chi connectivity index (χ3v) is 4.28. The van der Waals surface area contributed by atoms with Gasteiger partial charge in [0.15, 0.2) is 17.8 Å². The fourth-order valence-electron chi connectivity index (χ4n) is 2.98. The second-order valence-electron chi connectivity index (χ2n) is 8.10. The van der Waals surface area contributed by atoms with Gasteiger partial charge in [-0.1, -0.05) is 0 Å². The molecule has 0 unspecified atom stereocenters. The molecule has 1 fully saturated rings. The normalized spacial score (nSPS) is 19.4. The highest BCUT2D eigenvalue weighted by molar-refractivity contribution is 5.68. The second-order valence-corrected chi connectivity index (χ2v) is 8.10. The van der Waals surface area contributed by atoms with Gasteiger partial charge in [-0.05, 0) is 33.6 Å². The van der Waals surface area contributed by atoms with E-state index >= 15 is 0 Å². The molecular weight excluding hydrogens is 433 g/mol. The summed E-state index contributed by atoms with van der Waals surface area (Å²) in [5, 5.41) is 8.82. The first-order valence-corrected chi connectivity index (χ1v) is 9.97. The molecule has 1 amide bonds. The Kier molecular flexibility index (Phi) is 7.26. The number of nitrogens with one attached hydrogen (secondary N) is 2. The zero-order chi connectivity index (χ0) is 23.3. The van der Waals surface area contributed by atoms with Crippen LogP contribution < -0.4 is 14.8 Å². The van der Waals surface area contributed by atoms with Crippen LogP contribution in [0.1, 0.15) is 33.6 Å². The topological polar surface area (TPSA) is 114 Å². The Balaban J connectivity index is 1.60. The van der Waals surface area contributed by atoms with Crippen molar-refractivity contribution in [2.24, 2.45) is 0 Å². The van der Waals surface area contributed by atoms with Gasteiger partial charge in [-0.2, -0.15) is 18.9 Å². The fraction of sp³-hybridized carbons (Fsp3) is 0.579. The zero-order valence-electron chi connectivity index (χ0n) is 17.8. The molecule has 3 rings (SSSR count). The Morgan fingerprint density at radius 2 is 2.09 bits per heavy atom. The summed E-state index contributed by atoms with van der Waals surface area (Å²) in [6, 6.07) is 1.22. The Bertz CT molecular complexity index is 907. The van der Waals surface area contributed by atoms with E-state index in [0.29, 0.717) is 19.4 Å². The van der Waals surface area contributed by atoms with Crippen molar-refractivity contribution in [2.75, 3.05) is 18.4 Å². The summed E-state index contributed by atoms with van der Waals surface area (Å²) in [6.07, 6.45) is 0.723. The number of H-pyrrole nitrogens is 1. The van der Waals surface area contributed by atoms with Gasteiger partial charge in [-0.25, -0.2) is 14.3 Å². The Hall–Kier alpha value is -3.25. The molecule has 1 aliphatic heterocycles. The van der Waals surface area contributed by atoms with Gasteiger partial charge < -0.3 is 24.4 Å². The van der Waals surface area contributed by atoms with Crippen molar-refractivity contribution < 1.29 is 32.2 Å². The van der Waals surface area contributed by atoms with Gasteiger partial charge in [0.05, 0.1) is 18.9 Å². The number of alkyl halides is 3. The van der Waals surface area contributed by atoms with Crippen molar-refractivity contribution >= 4 is 17.7 Å². The maximum absolute atomic E-state index is 14.9. The van der Waals surface area contributed by atoms with E-state index in [1.54, 1.807) is 20.8 Å². The molecule has 2 atom stereocenters. The maximum atomic E-state index is 14.9. The number of rotatable bonds is 6. The van der Waals surface area contributed by atoms with Crippen molar-refractivity contribution in [3.8, 4) is 11.8 Å². The monoisotopic (exact) mass is 458 g/mol. The average molecular weight is 458 g/mol. The van der Waals surface area contributed by atoms with E-state index in [-0.39, 0.29) is 29.9 Å². The average Bonchev–Trinajstić information content (AvgIpc) is 3.02. The van der Waals surface area contributed by atoms with Gasteiger partial charge in [-0.15, -0.1) is 0 Å². The number of likely N-dealkylation sites (tertiary alicyclic amines) is 1. The van der Waals surface area contributed by atoms with Crippen LogP contribution in [-0.2, 0) is 4.74 Å². The minimum atomic E-state index is -2.99. The lowest BCUT2D eigenvalue weighted by molar-refractivity contribution is -0.0528. The number of hydrogen-bond donors (Lipinski definition) is 2. The van der Waals surface area contributed by atoms with Crippen LogP contribution in [0.2, 0.25) is 0 Å². The van der Waals surface area contributed by atoms with E-state index in [1.807, 2.05) is 0 Å². The first-order chi connectivity index (χ1) is 15.1. The molecule has 0 spiro atoms. The number of halogens is 3. The molecule has 0 saturated carbocycles. The Morgan fingerprint density at radius 3 is 2.81 bits per heavy atom. The summed E-state index contributed by atoms with van der Waals surface area (Å²) in [4.78, 5) is 21.8. The van der Waals surface area contributed by atoms with Crippen LogP contribution in [0.3, 0.4) is 0 Å². The Labute approximate surface area is 182 Å². The van der Waals surface area contributed by atoms with Gasteiger partial charge in [0.1, 0.15) is 11.7 Å². The van der Waals surface area contributed by atoms with Crippen molar-refractivity contribution in [1.82, 2.24) is 25.1 Å². The van der Waals surface area contributed by atoms with Crippen molar-refractivity contribution in [3.63, 3.8) is 0 Å². The SMILES string of the molecule is CC(C)(C)OC(=O)N1CCC[C@H](Oc2cncc(Nc3cc(OC(F)F)[nH]n3)n2)[C@@H](F)C1. The molecule has 0 radical (unpaired) electrons. The van der Waals surface area contributed by atoms with Crippen LogP contribution in [0.5, 0.6) is 11.8 Å². The van der Waals surface area contributed by atoms with Crippen LogP contribution >= 0.6 is 0 Å². The smallest absolute Gasteiger partial charge is 0.410 e. The second kappa shape index (κ2) is 9.92. The highest BCUT2D eigenvalue weighted by Crippen LogP contribution is 2.23. The molecule has 32 heavy (non-hydrogen) atoms. The standard InChI is InChI=1S/C19H25F3N6O4/c1-19(2,3)32-18(29)28-6-4-5-12(11(20)10-28)30-16-9-23-8-14(25-16)24-13-7-15(27-26-13)31-17(21)22/h7-9,11-12,17H,4-6,10H2,1-3H3,(H2,24,25,26,27)/t11-,12-/m0/s1. The number of ether oxygens (including phenoxy) is 3.